The summed E-state index contributed by atoms with van der Waals surface area (Å²) in [4.78, 5) is 26.0. The lowest BCUT2D eigenvalue weighted by molar-refractivity contribution is -0.131. The first kappa shape index (κ1) is 16.1. The van der Waals surface area contributed by atoms with E-state index < -0.39 is 0 Å². The highest BCUT2D eigenvalue weighted by Crippen LogP contribution is 2.27. The molecule has 1 aliphatic rings. The number of carbonyl (C=O) groups is 2. The number of methoxy groups -OCH3 is 1. The number of nitrogens with one attached hydrogen (secondary N) is 1. The number of carbonyl (C=O) groups excluding carboxylic acids is 2. The Hall–Kier alpha value is -2.82. The van der Waals surface area contributed by atoms with Crippen molar-refractivity contribution < 1.29 is 14.3 Å². The minimum atomic E-state index is -0.192. The Labute approximate surface area is 141 Å². The Morgan fingerprint density at radius 1 is 1.17 bits per heavy atom. The molecule has 2 amide bonds. The van der Waals surface area contributed by atoms with Crippen LogP contribution in [0.15, 0.2) is 54.6 Å². The van der Waals surface area contributed by atoms with Crippen LogP contribution in [0.2, 0.25) is 0 Å². The molecule has 124 valence electrons. The topological polar surface area (TPSA) is 58.6 Å². The molecule has 0 bridgehead atoms. The zero-order valence-electron chi connectivity index (χ0n) is 13.6. The van der Waals surface area contributed by atoms with Crippen LogP contribution in [0.1, 0.15) is 17.9 Å². The van der Waals surface area contributed by atoms with Crippen molar-refractivity contribution in [3.05, 3.63) is 60.2 Å². The van der Waals surface area contributed by atoms with Crippen LogP contribution in [0.25, 0.3) is 0 Å². The van der Waals surface area contributed by atoms with Gasteiger partial charge < -0.3 is 15.0 Å². The molecule has 0 spiro atoms. The number of anilines is 1. The second-order valence-corrected chi connectivity index (χ2v) is 5.86. The lowest BCUT2D eigenvalue weighted by atomic mass is 9.99. The average molecular weight is 324 g/mol. The van der Waals surface area contributed by atoms with Crippen LogP contribution in [-0.2, 0) is 9.59 Å². The first-order valence-electron chi connectivity index (χ1n) is 7.92. The number of benzene rings is 2. The van der Waals surface area contributed by atoms with E-state index in [9.17, 15) is 9.59 Å². The summed E-state index contributed by atoms with van der Waals surface area (Å²) in [6, 6.07) is 17.1. The molecular weight excluding hydrogens is 304 g/mol. The largest absolute Gasteiger partial charge is 0.497 e. The van der Waals surface area contributed by atoms with Gasteiger partial charge in [-0.3, -0.25) is 9.59 Å². The summed E-state index contributed by atoms with van der Waals surface area (Å²) < 4.78 is 5.08. The molecule has 5 heteroatoms. The third kappa shape index (κ3) is 3.74. The van der Waals surface area contributed by atoms with Gasteiger partial charge in [0.25, 0.3) is 0 Å². The van der Waals surface area contributed by atoms with Gasteiger partial charge in [0.15, 0.2) is 0 Å². The Bertz CT molecular complexity index is 713. The summed E-state index contributed by atoms with van der Waals surface area (Å²) in [5, 5.41) is 2.81. The van der Waals surface area contributed by atoms with Gasteiger partial charge in [0, 0.05) is 24.6 Å². The predicted octanol–water partition coefficient (Wildman–Crippen LogP) is 2.65. The maximum atomic E-state index is 12.2. The Morgan fingerprint density at radius 3 is 2.54 bits per heavy atom. The third-order valence-corrected chi connectivity index (χ3v) is 4.19. The molecule has 0 aliphatic carbocycles. The van der Waals surface area contributed by atoms with Crippen LogP contribution in [0.4, 0.5) is 5.69 Å². The Balaban J connectivity index is 1.57. The van der Waals surface area contributed by atoms with Gasteiger partial charge in [-0.15, -0.1) is 0 Å². The van der Waals surface area contributed by atoms with E-state index in [1.807, 2.05) is 30.3 Å². The molecular formula is C19H20N2O3. The molecule has 0 aromatic heterocycles. The number of amides is 2. The lowest BCUT2D eigenvalue weighted by Crippen LogP contribution is -2.34. The fourth-order valence-electron chi connectivity index (χ4n) is 2.92. The van der Waals surface area contributed by atoms with Crippen molar-refractivity contribution in [2.24, 2.45) is 0 Å². The van der Waals surface area contributed by atoms with Gasteiger partial charge in [-0.1, -0.05) is 30.3 Å². The normalized spacial score (nSPS) is 17.0. The van der Waals surface area contributed by atoms with Crippen molar-refractivity contribution in [1.82, 2.24) is 4.90 Å². The molecule has 3 rings (SSSR count). The van der Waals surface area contributed by atoms with Crippen molar-refractivity contribution in [1.29, 1.82) is 0 Å². The van der Waals surface area contributed by atoms with E-state index >= 15 is 0 Å². The number of rotatable bonds is 5. The van der Waals surface area contributed by atoms with Crippen LogP contribution in [0.3, 0.4) is 0 Å². The van der Waals surface area contributed by atoms with Gasteiger partial charge in [0.2, 0.25) is 11.8 Å². The van der Waals surface area contributed by atoms with E-state index in [-0.39, 0.29) is 24.3 Å². The zero-order chi connectivity index (χ0) is 16.9. The molecule has 1 atom stereocenters. The fraction of sp³-hybridized carbons (Fsp3) is 0.263. The minimum Gasteiger partial charge on any atom is -0.497 e. The predicted molar refractivity (Wildman–Crippen MR) is 92.0 cm³/mol. The first-order chi connectivity index (χ1) is 11.7. The molecule has 1 aliphatic heterocycles. The molecule has 24 heavy (non-hydrogen) atoms. The average Bonchev–Trinajstić information content (AvgIpc) is 2.97. The zero-order valence-corrected chi connectivity index (χ0v) is 13.6. The summed E-state index contributed by atoms with van der Waals surface area (Å²) >= 11 is 0. The smallest absolute Gasteiger partial charge is 0.243 e. The quantitative estimate of drug-likeness (QED) is 0.920. The molecule has 0 radical (unpaired) electrons. The molecule has 1 unspecified atom stereocenters. The van der Waals surface area contributed by atoms with Crippen LogP contribution in [0, 0.1) is 0 Å². The van der Waals surface area contributed by atoms with Crippen molar-refractivity contribution in [3.8, 4) is 5.75 Å². The van der Waals surface area contributed by atoms with Crippen molar-refractivity contribution in [2.75, 3.05) is 25.5 Å². The van der Waals surface area contributed by atoms with Gasteiger partial charge in [0.1, 0.15) is 5.75 Å². The summed E-state index contributed by atoms with van der Waals surface area (Å²) in [7, 11) is 1.59. The highest BCUT2D eigenvalue weighted by molar-refractivity contribution is 5.95. The molecule has 5 nitrogen and oxygen atoms in total. The third-order valence-electron chi connectivity index (χ3n) is 4.19. The summed E-state index contributed by atoms with van der Waals surface area (Å²) in [5.41, 5.74) is 1.83. The van der Waals surface area contributed by atoms with E-state index in [1.54, 1.807) is 36.3 Å². The van der Waals surface area contributed by atoms with Gasteiger partial charge >= 0.3 is 0 Å². The maximum Gasteiger partial charge on any atom is 0.243 e. The van der Waals surface area contributed by atoms with Gasteiger partial charge in [-0.25, -0.2) is 0 Å². The van der Waals surface area contributed by atoms with Gasteiger partial charge in [0.05, 0.1) is 13.7 Å². The van der Waals surface area contributed by atoms with Gasteiger partial charge in [-0.2, -0.15) is 0 Å². The summed E-state index contributed by atoms with van der Waals surface area (Å²) in [5.74, 6) is 0.719. The maximum absolute atomic E-state index is 12.2. The Kier molecular flexibility index (Phi) is 4.79. The molecule has 2 aromatic carbocycles. The fourth-order valence-corrected chi connectivity index (χ4v) is 2.92. The summed E-state index contributed by atoms with van der Waals surface area (Å²) in [6.45, 7) is 0.660. The van der Waals surface area contributed by atoms with Crippen molar-refractivity contribution in [3.63, 3.8) is 0 Å². The van der Waals surface area contributed by atoms with E-state index in [2.05, 4.69) is 5.32 Å². The van der Waals surface area contributed by atoms with Gasteiger partial charge in [-0.05, 0) is 29.8 Å². The van der Waals surface area contributed by atoms with Crippen LogP contribution in [0.5, 0.6) is 5.75 Å². The Morgan fingerprint density at radius 2 is 1.88 bits per heavy atom. The van der Waals surface area contributed by atoms with Crippen molar-refractivity contribution in [2.45, 2.75) is 12.3 Å². The number of likely N-dealkylation sites (tertiary alicyclic amines) is 1. The number of nitrogens with zero attached hydrogens (tertiary/aromatic N) is 1. The number of hydrogen-bond donors (Lipinski definition) is 1. The van der Waals surface area contributed by atoms with Crippen LogP contribution in [-0.4, -0.2) is 36.9 Å². The monoisotopic (exact) mass is 324 g/mol. The van der Waals surface area contributed by atoms with Crippen LogP contribution < -0.4 is 10.1 Å². The van der Waals surface area contributed by atoms with E-state index in [0.717, 1.165) is 11.3 Å². The molecule has 2 aromatic rings. The molecule has 1 N–H and O–H groups in total. The highest BCUT2D eigenvalue weighted by atomic mass is 16.5. The van der Waals surface area contributed by atoms with Crippen molar-refractivity contribution >= 4 is 17.5 Å². The standard InChI is InChI=1S/C19H20N2O3/c1-24-17-9-7-16(8-10-17)20-18(22)13-21-12-15(11-19(21)23)14-5-3-2-4-6-14/h2-10,15H,11-13H2,1H3,(H,20,22). The van der Waals surface area contributed by atoms with E-state index in [0.29, 0.717) is 18.7 Å². The molecule has 1 fully saturated rings. The molecule has 0 saturated carbocycles. The second kappa shape index (κ2) is 7.17. The first-order valence-corrected chi connectivity index (χ1v) is 7.92. The molecule has 1 saturated heterocycles. The van der Waals surface area contributed by atoms with Crippen LogP contribution >= 0.6 is 0 Å². The van der Waals surface area contributed by atoms with E-state index in [4.69, 9.17) is 4.74 Å². The lowest BCUT2D eigenvalue weighted by Gasteiger charge is -2.16. The second-order valence-electron chi connectivity index (χ2n) is 5.86. The number of hydrogen-bond acceptors (Lipinski definition) is 3. The SMILES string of the molecule is COc1ccc(NC(=O)CN2CC(c3ccccc3)CC2=O)cc1. The molecule has 1 heterocycles. The number of ether oxygens (including phenoxy) is 1. The minimum absolute atomic E-state index is 0.0220. The summed E-state index contributed by atoms with van der Waals surface area (Å²) in [6.07, 6.45) is 0.458. The van der Waals surface area contributed by atoms with E-state index in [1.165, 1.54) is 0 Å². The highest BCUT2D eigenvalue weighted by Gasteiger charge is 2.31.